The third kappa shape index (κ3) is 8.09. The van der Waals surface area contributed by atoms with Crippen LogP contribution in [0, 0.1) is 12.8 Å². The number of ketones is 2. The number of carbonyl (C=O) groups is 5. The summed E-state index contributed by atoms with van der Waals surface area (Å²) in [6, 6.07) is 7.10. The summed E-state index contributed by atoms with van der Waals surface area (Å²) >= 11 is 3.18. The second kappa shape index (κ2) is 14.0. The van der Waals surface area contributed by atoms with Gasteiger partial charge in [0.1, 0.15) is 11.6 Å². The van der Waals surface area contributed by atoms with E-state index in [0.29, 0.717) is 18.4 Å². The normalized spacial score (nSPS) is 17.4. The van der Waals surface area contributed by atoms with Crippen LogP contribution in [0.5, 0.6) is 0 Å². The number of imide groups is 1. The zero-order valence-corrected chi connectivity index (χ0v) is 22.3. The van der Waals surface area contributed by atoms with E-state index in [2.05, 4.69) is 15.9 Å². The summed E-state index contributed by atoms with van der Waals surface area (Å²) in [4.78, 5) is 63.4. The number of esters is 1. The molecule has 0 bridgehead atoms. The van der Waals surface area contributed by atoms with Crippen molar-refractivity contribution < 1.29 is 38.6 Å². The molecule has 196 valence electrons. The van der Waals surface area contributed by atoms with Crippen LogP contribution < -0.4 is 0 Å². The van der Waals surface area contributed by atoms with E-state index in [4.69, 9.17) is 14.6 Å². The highest BCUT2D eigenvalue weighted by molar-refractivity contribution is 9.09. The number of carbonyl (C=O) groups excluding carboxylic acids is 5. The van der Waals surface area contributed by atoms with Crippen molar-refractivity contribution in [2.45, 2.75) is 63.9 Å². The summed E-state index contributed by atoms with van der Waals surface area (Å²) in [5, 5.41) is 8.93. The van der Waals surface area contributed by atoms with Crippen molar-refractivity contribution in [2.75, 3.05) is 13.2 Å². The first-order valence-corrected chi connectivity index (χ1v) is 12.8. The lowest BCUT2D eigenvalue weighted by molar-refractivity contribution is -0.158. The Balaban J connectivity index is 2.35. The average molecular weight is 566 g/mol. The van der Waals surface area contributed by atoms with Crippen molar-refractivity contribution in [1.29, 1.82) is 0 Å². The number of nitrogens with zero attached hydrogens (tertiary/aromatic N) is 1. The molecule has 1 N–H and O–H groups in total. The molecule has 0 saturated carbocycles. The minimum atomic E-state index is -1.54. The predicted octanol–water partition coefficient (Wildman–Crippen LogP) is 3.73. The molecule has 0 unspecified atom stereocenters. The molecule has 1 heterocycles. The van der Waals surface area contributed by atoms with Crippen molar-refractivity contribution in [1.82, 2.24) is 4.90 Å². The number of benzene rings is 1. The molecule has 0 aromatic heterocycles. The van der Waals surface area contributed by atoms with E-state index in [1.54, 1.807) is 18.2 Å². The van der Waals surface area contributed by atoms with Crippen LogP contribution in [-0.2, 0) is 28.7 Å². The number of unbranched alkanes of at least 4 members (excludes halogenated alkanes) is 3. The number of Topliss-reactive ketones (excluding diaryl/α,β-unsaturated/α-hetero) is 1. The highest BCUT2D eigenvalue weighted by Gasteiger charge is 2.43. The summed E-state index contributed by atoms with van der Waals surface area (Å²) in [6.07, 6.45) is 1.68. The number of hydrogen-bond donors (Lipinski definition) is 1. The molecular weight excluding hydrogens is 534 g/mol. The SMILES string of the molecule is CC(=O)O[C@H](C(=O)/C=C(\C(=O)CCCCCCO)c1cccc(C)c1)[C@H](C)C(=O)N1C(=O)OC[C@@H]1Br. The summed E-state index contributed by atoms with van der Waals surface area (Å²) in [7, 11) is 0. The third-order valence-corrected chi connectivity index (χ3v) is 6.38. The summed E-state index contributed by atoms with van der Waals surface area (Å²) in [6.45, 7) is 4.39. The number of allylic oxidation sites excluding steroid dienone is 1. The van der Waals surface area contributed by atoms with Gasteiger partial charge in [0.05, 0.1) is 5.92 Å². The van der Waals surface area contributed by atoms with E-state index in [1.807, 2.05) is 13.0 Å². The van der Waals surface area contributed by atoms with Crippen LogP contribution in [-0.4, -0.2) is 63.8 Å². The molecule has 1 fully saturated rings. The van der Waals surface area contributed by atoms with Gasteiger partial charge in [-0.15, -0.1) is 0 Å². The van der Waals surface area contributed by atoms with Gasteiger partial charge in [-0.2, -0.15) is 0 Å². The van der Waals surface area contributed by atoms with Crippen LogP contribution in [0.2, 0.25) is 0 Å². The Morgan fingerprint density at radius 2 is 1.92 bits per heavy atom. The van der Waals surface area contributed by atoms with E-state index in [-0.39, 0.29) is 31.0 Å². The quantitative estimate of drug-likeness (QED) is 0.126. The number of halogens is 1. The van der Waals surface area contributed by atoms with E-state index < -0.39 is 40.7 Å². The van der Waals surface area contributed by atoms with Gasteiger partial charge >= 0.3 is 12.1 Å². The molecule has 0 aliphatic carbocycles. The Morgan fingerprint density at radius 3 is 2.50 bits per heavy atom. The number of ether oxygens (including phenoxy) is 2. The highest BCUT2D eigenvalue weighted by atomic mass is 79.9. The first-order chi connectivity index (χ1) is 17.1. The van der Waals surface area contributed by atoms with Crippen LogP contribution in [0.3, 0.4) is 0 Å². The Kier molecular flexibility index (Phi) is 11.5. The molecule has 36 heavy (non-hydrogen) atoms. The number of aliphatic hydroxyl groups is 1. The smallest absolute Gasteiger partial charge is 0.417 e. The lowest BCUT2D eigenvalue weighted by Gasteiger charge is -2.25. The zero-order valence-electron chi connectivity index (χ0n) is 20.7. The lowest BCUT2D eigenvalue weighted by Crippen LogP contribution is -2.46. The van der Waals surface area contributed by atoms with Gasteiger partial charge < -0.3 is 14.6 Å². The number of cyclic esters (lactones) is 1. The van der Waals surface area contributed by atoms with Crippen LogP contribution in [0.15, 0.2) is 30.3 Å². The molecule has 1 aliphatic rings. The van der Waals surface area contributed by atoms with Gasteiger partial charge in [0.15, 0.2) is 17.7 Å². The van der Waals surface area contributed by atoms with E-state index in [1.165, 1.54) is 6.92 Å². The van der Waals surface area contributed by atoms with Gasteiger partial charge in [0, 0.05) is 25.5 Å². The number of amides is 2. The molecule has 1 aromatic rings. The fourth-order valence-corrected chi connectivity index (χ4v) is 4.31. The fraction of sp³-hybridized carbons (Fsp3) is 0.500. The zero-order chi connectivity index (χ0) is 26.8. The number of aryl methyl sites for hydroxylation is 1. The number of alkyl halides is 1. The molecule has 10 heteroatoms. The van der Waals surface area contributed by atoms with Crippen molar-refractivity contribution in [3.8, 4) is 0 Å². The van der Waals surface area contributed by atoms with E-state index in [0.717, 1.165) is 36.3 Å². The van der Waals surface area contributed by atoms with Gasteiger partial charge in [0.2, 0.25) is 5.91 Å². The van der Waals surface area contributed by atoms with Gasteiger partial charge in [-0.25, -0.2) is 9.69 Å². The highest BCUT2D eigenvalue weighted by Crippen LogP contribution is 2.25. The van der Waals surface area contributed by atoms with Crippen molar-refractivity contribution >= 4 is 51.0 Å². The summed E-state index contributed by atoms with van der Waals surface area (Å²) in [5.74, 6) is -3.75. The van der Waals surface area contributed by atoms with Crippen molar-refractivity contribution in [3.63, 3.8) is 0 Å². The fourth-order valence-electron chi connectivity index (χ4n) is 3.81. The predicted molar refractivity (Wildman–Crippen MR) is 135 cm³/mol. The topological polar surface area (TPSA) is 127 Å². The van der Waals surface area contributed by atoms with Gasteiger partial charge in [-0.05, 0) is 38.3 Å². The average Bonchev–Trinajstić information content (AvgIpc) is 3.17. The van der Waals surface area contributed by atoms with E-state index in [9.17, 15) is 24.0 Å². The Morgan fingerprint density at radius 1 is 1.22 bits per heavy atom. The maximum absolute atomic E-state index is 13.4. The van der Waals surface area contributed by atoms with Crippen molar-refractivity contribution in [2.24, 2.45) is 5.92 Å². The van der Waals surface area contributed by atoms with Crippen molar-refractivity contribution in [3.05, 3.63) is 41.5 Å². The molecule has 2 amide bonds. The lowest BCUT2D eigenvalue weighted by atomic mass is 9.92. The van der Waals surface area contributed by atoms with Crippen LogP contribution >= 0.6 is 15.9 Å². The Bertz CT molecular complexity index is 1020. The number of rotatable bonds is 13. The number of aliphatic hydroxyl groups excluding tert-OH is 1. The molecule has 0 spiro atoms. The molecule has 0 radical (unpaired) electrons. The number of hydrogen-bond acceptors (Lipinski definition) is 8. The summed E-state index contributed by atoms with van der Waals surface area (Å²) < 4.78 is 10.1. The van der Waals surface area contributed by atoms with Gasteiger partial charge in [-0.3, -0.25) is 19.2 Å². The standard InChI is InChI=1S/C26H32BrNO8/c1-16-9-8-10-19(13-16)20(21(31)11-6-4-5-7-12-29)14-22(32)24(36-18(3)30)17(2)25(33)28-23(27)15-35-26(28)34/h8-10,13-14,17,23-24,29H,4-7,11-12,15H2,1-3H3/b20-14-/t17-,23+,24-/m0/s1. The molecule has 9 nitrogen and oxygen atoms in total. The second-order valence-electron chi connectivity index (χ2n) is 8.68. The Hall–Kier alpha value is -2.85. The minimum Gasteiger partial charge on any atom is -0.453 e. The largest absolute Gasteiger partial charge is 0.453 e. The maximum Gasteiger partial charge on any atom is 0.417 e. The first kappa shape index (κ1) is 29.4. The molecule has 1 aliphatic heterocycles. The van der Waals surface area contributed by atoms with Gasteiger partial charge in [0.25, 0.3) is 0 Å². The molecular formula is C26H32BrNO8. The Labute approximate surface area is 218 Å². The molecule has 1 aromatic carbocycles. The molecule has 2 rings (SSSR count). The monoisotopic (exact) mass is 565 g/mol. The van der Waals surface area contributed by atoms with Crippen LogP contribution in [0.25, 0.3) is 5.57 Å². The van der Waals surface area contributed by atoms with Crippen LogP contribution in [0.4, 0.5) is 4.79 Å². The maximum atomic E-state index is 13.4. The van der Waals surface area contributed by atoms with E-state index >= 15 is 0 Å². The third-order valence-electron chi connectivity index (χ3n) is 5.70. The van der Waals surface area contributed by atoms with Gasteiger partial charge in [-0.1, -0.05) is 58.6 Å². The second-order valence-corrected chi connectivity index (χ2v) is 9.74. The molecule has 3 atom stereocenters. The minimum absolute atomic E-state index is 0.0479. The first-order valence-electron chi connectivity index (χ1n) is 11.8. The van der Waals surface area contributed by atoms with Crippen LogP contribution in [0.1, 0.15) is 57.1 Å². The summed E-state index contributed by atoms with van der Waals surface area (Å²) in [5.41, 5.74) is 1.58. The molecule has 1 saturated heterocycles.